The maximum absolute atomic E-state index is 12.6. The molecule has 0 aliphatic carbocycles. The molecule has 5 nitrogen and oxygen atoms in total. The summed E-state index contributed by atoms with van der Waals surface area (Å²) in [6.07, 6.45) is 1.87. The normalized spacial score (nSPS) is 17.9. The van der Waals surface area contributed by atoms with Crippen LogP contribution in [-0.4, -0.2) is 50.7 Å². The molecule has 1 aromatic rings. The molecule has 1 saturated heterocycles. The molecule has 0 saturated carbocycles. The van der Waals surface area contributed by atoms with E-state index < -0.39 is 6.61 Å². The first kappa shape index (κ1) is 16.5. The highest BCUT2D eigenvalue weighted by Crippen LogP contribution is 2.30. The number of benzene rings is 1. The van der Waals surface area contributed by atoms with Crippen molar-refractivity contribution < 1.29 is 23.0 Å². The summed E-state index contributed by atoms with van der Waals surface area (Å²) in [7, 11) is 3.20. The number of halogens is 2. The van der Waals surface area contributed by atoms with Crippen molar-refractivity contribution in [3.05, 3.63) is 23.8 Å². The quantitative estimate of drug-likeness (QED) is 0.874. The molecule has 1 atom stereocenters. The van der Waals surface area contributed by atoms with Crippen LogP contribution in [0.25, 0.3) is 0 Å². The van der Waals surface area contributed by atoms with Gasteiger partial charge >= 0.3 is 6.61 Å². The summed E-state index contributed by atoms with van der Waals surface area (Å²) >= 11 is 0. The Morgan fingerprint density at radius 2 is 2.23 bits per heavy atom. The largest absolute Gasteiger partial charge is 0.493 e. The molecule has 1 aromatic carbocycles. The van der Waals surface area contributed by atoms with Gasteiger partial charge in [0.1, 0.15) is 0 Å². The average Bonchev–Trinajstić information content (AvgIpc) is 2.94. The van der Waals surface area contributed by atoms with Crippen molar-refractivity contribution >= 4 is 5.91 Å². The van der Waals surface area contributed by atoms with Gasteiger partial charge in [0.05, 0.1) is 7.11 Å². The molecule has 1 aliphatic heterocycles. The lowest BCUT2D eigenvalue weighted by atomic mass is 10.1. The Labute approximate surface area is 128 Å². The van der Waals surface area contributed by atoms with E-state index >= 15 is 0 Å². The summed E-state index contributed by atoms with van der Waals surface area (Å²) in [6, 6.07) is 4.46. The van der Waals surface area contributed by atoms with E-state index in [1.807, 2.05) is 7.05 Å². The van der Waals surface area contributed by atoms with Crippen LogP contribution in [0.4, 0.5) is 8.78 Å². The van der Waals surface area contributed by atoms with Crippen molar-refractivity contribution in [2.45, 2.75) is 25.5 Å². The van der Waals surface area contributed by atoms with Crippen molar-refractivity contribution in [2.75, 3.05) is 27.2 Å². The van der Waals surface area contributed by atoms with Gasteiger partial charge in [0.25, 0.3) is 5.91 Å². The first-order chi connectivity index (χ1) is 10.6. The number of alkyl halides is 2. The number of methoxy groups -OCH3 is 1. The molecule has 0 spiro atoms. The van der Waals surface area contributed by atoms with Crippen molar-refractivity contribution in [1.82, 2.24) is 10.2 Å². The predicted octanol–water partition coefficient (Wildman–Crippen LogP) is 2.12. The summed E-state index contributed by atoms with van der Waals surface area (Å²) in [5.41, 5.74) is 0.319. The molecular formula is C15H20F2N2O3. The molecule has 0 radical (unpaired) electrons. The van der Waals surface area contributed by atoms with Gasteiger partial charge in [0.2, 0.25) is 0 Å². The summed E-state index contributed by atoms with van der Waals surface area (Å²) in [5.74, 6) is -0.141. The molecule has 1 N–H and O–H groups in total. The third-order valence-corrected chi connectivity index (χ3v) is 3.70. The highest BCUT2D eigenvalue weighted by atomic mass is 19.3. The minimum absolute atomic E-state index is 0.124. The summed E-state index contributed by atoms with van der Waals surface area (Å²) in [6.45, 7) is -1.59. The molecule has 0 bridgehead atoms. The Morgan fingerprint density at radius 3 is 2.86 bits per heavy atom. The molecule has 1 aliphatic rings. The zero-order valence-electron chi connectivity index (χ0n) is 12.6. The van der Waals surface area contributed by atoms with Crippen LogP contribution >= 0.6 is 0 Å². The lowest BCUT2D eigenvalue weighted by Crippen LogP contribution is -2.40. The van der Waals surface area contributed by atoms with Gasteiger partial charge in [-0.2, -0.15) is 8.78 Å². The summed E-state index contributed by atoms with van der Waals surface area (Å²) in [4.78, 5) is 14.4. The second-order valence-corrected chi connectivity index (χ2v) is 5.10. The van der Waals surface area contributed by atoms with E-state index in [1.165, 1.54) is 19.2 Å². The first-order valence-corrected chi connectivity index (χ1v) is 7.15. The number of ether oxygens (including phenoxy) is 2. The Balaban J connectivity index is 2.22. The maximum Gasteiger partial charge on any atom is 0.387 e. The third-order valence-electron chi connectivity index (χ3n) is 3.70. The standard InChI is InChI=1S/C15H20F2N2O3/c1-18-9-11-4-3-7-19(11)14(20)10-5-6-12(21-2)13(8-10)22-15(16)17/h5-6,8,11,15,18H,3-4,7,9H2,1-2H3. The lowest BCUT2D eigenvalue weighted by molar-refractivity contribution is -0.0512. The van der Waals surface area contributed by atoms with Gasteiger partial charge in [-0.05, 0) is 38.1 Å². The summed E-state index contributed by atoms with van der Waals surface area (Å²) < 4.78 is 34.3. The molecule has 1 heterocycles. The number of hydrogen-bond acceptors (Lipinski definition) is 4. The fraction of sp³-hybridized carbons (Fsp3) is 0.533. The number of amides is 1. The van der Waals surface area contributed by atoms with E-state index in [9.17, 15) is 13.6 Å². The molecular weight excluding hydrogens is 294 g/mol. The second kappa shape index (κ2) is 7.40. The molecule has 122 valence electrons. The monoisotopic (exact) mass is 314 g/mol. The van der Waals surface area contributed by atoms with E-state index in [0.29, 0.717) is 18.7 Å². The van der Waals surface area contributed by atoms with Gasteiger partial charge in [-0.15, -0.1) is 0 Å². The number of carbonyl (C=O) groups excluding carboxylic acids is 1. The van der Waals surface area contributed by atoms with Crippen molar-refractivity contribution in [3.63, 3.8) is 0 Å². The van der Waals surface area contributed by atoms with Gasteiger partial charge in [-0.1, -0.05) is 0 Å². The second-order valence-electron chi connectivity index (χ2n) is 5.10. The zero-order valence-corrected chi connectivity index (χ0v) is 12.6. The van der Waals surface area contributed by atoms with Crippen LogP contribution in [0.1, 0.15) is 23.2 Å². The highest BCUT2D eigenvalue weighted by molar-refractivity contribution is 5.95. The fourth-order valence-corrected chi connectivity index (χ4v) is 2.71. The number of likely N-dealkylation sites (tertiary alicyclic amines) is 1. The molecule has 1 fully saturated rings. The van der Waals surface area contributed by atoms with Crippen LogP contribution in [-0.2, 0) is 0 Å². The van der Waals surface area contributed by atoms with Gasteiger partial charge in [-0.25, -0.2) is 0 Å². The maximum atomic E-state index is 12.6. The molecule has 2 rings (SSSR count). The Bertz CT molecular complexity index is 526. The average molecular weight is 314 g/mol. The molecule has 7 heteroatoms. The van der Waals surface area contributed by atoms with E-state index in [2.05, 4.69) is 10.1 Å². The molecule has 22 heavy (non-hydrogen) atoms. The van der Waals surface area contributed by atoms with Gasteiger partial charge in [0.15, 0.2) is 11.5 Å². The summed E-state index contributed by atoms with van der Waals surface area (Å²) in [5, 5.41) is 3.06. The highest BCUT2D eigenvalue weighted by Gasteiger charge is 2.29. The van der Waals surface area contributed by atoms with Gasteiger partial charge < -0.3 is 19.7 Å². The van der Waals surface area contributed by atoms with Crippen LogP contribution in [0.2, 0.25) is 0 Å². The Hall–Kier alpha value is -1.89. The van der Waals surface area contributed by atoms with Crippen LogP contribution in [0.15, 0.2) is 18.2 Å². The predicted molar refractivity (Wildman–Crippen MR) is 77.6 cm³/mol. The number of nitrogens with zero attached hydrogens (tertiary/aromatic N) is 1. The zero-order chi connectivity index (χ0) is 16.1. The molecule has 0 aromatic heterocycles. The first-order valence-electron chi connectivity index (χ1n) is 7.15. The molecule has 1 unspecified atom stereocenters. The van der Waals surface area contributed by atoms with Crippen LogP contribution in [0.3, 0.4) is 0 Å². The minimum Gasteiger partial charge on any atom is -0.493 e. The number of carbonyl (C=O) groups is 1. The van der Waals surface area contributed by atoms with Crippen LogP contribution < -0.4 is 14.8 Å². The van der Waals surface area contributed by atoms with E-state index in [4.69, 9.17) is 4.74 Å². The molecule has 1 amide bonds. The van der Waals surface area contributed by atoms with E-state index in [-0.39, 0.29) is 23.4 Å². The smallest absolute Gasteiger partial charge is 0.387 e. The van der Waals surface area contributed by atoms with E-state index in [1.54, 1.807) is 11.0 Å². The Kier molecular flexibility index (Phi) is 5.54. The topological polar surface area (TPSA) is 50.8 Å². The number of nitrogens with one attached hydrogen (secondary N) is 1. The number of rotatable bonds is 6. The van der Waals surface area contributed by atoms with E-state index in [0.717, 1.165) is 12.8 Å². The Morgan fingerprint density at radius 1 is 1.45 bits per heavy atom. The number of hydrogen-bond donors (Lipinski definition) is 1. The van der Waals surface area contributed by atoms with Gasteiger partial charge in [-0.3, -0.25) is 4.79 Å². The minimum atomic E-state index is -2.97. The van der Waals surface area contributed by atoms with Crippen LogP contribution in [0.5, 0.6) is 11.5 Å². The third kappa shape index (κ3) is 3.65. The SMILES string of the molecule is CNCC1CCCN1C(=O)c1ccc(OC)c(OC(F)F)c1. The van der Waals surface area contributed by atoms with Crippen molar-refractivity contribution in [1.29, 1.82) is 0 Å². The van der Waals surface area contributed by atoms with Crippen molar-refractivity contribution in [2.24, 2.45) is 0 Å². The van der Waals surface area contributed by atoms with Crippen molar-refractivity contribution in [3.8, 4) is 11.5 Å². The fourth-order valence-electron chi connectivity index (χ4n) is 2.71. The van der Waals surface area contributed by atoms with Gasteiger partial charge in [0, 0.05) is 24.7 Å². The lowest BCUT2D eigenvalue weighted by Gasteiger charge is -2.25. The number of likely N-dealkylation sites (N-methyl/N-ethyl adjacent to an activating group) is 1. The van der Waals surface area contributed by atoms with Crippen LogP contribution in [0, 0.1) is 0 Å².